The van der Waals surface area contributed by atoms with E-state index in [9.17, 15) is 39.9 Å². The van der Waals surface area contributed by atoms with E-state index < -0.39 is 52.3 Å². The number of nitrogens with one attached hydrogen (secondary N) is 1. The van der Waals surface area contributed by atoms with Gasteiger partial charge in [0, 0.05) is 11.8 Å². The maximum absolute atomic E-state index is 13.2. The van der Waals surface area contributed by atoms with Crippen molar-refractivity contribution in [2.75, 3.05) is 11.6 Å². The first-order valence-electron chi connectivity index (χ1n) is 9.80. The monoisotopic (exact) mass is 566 g/mol. The van der Waals surface area contributed by atoms with Gasteiger partial charge >= 0.3 is 5.51 Å². The molecule has 3 aromatic rings. The van der Waals surface area contributed by atoms with Crippen LogP contribution in [0.25, 0.3) is 11.1 Å². The van der Waals surface area contributed by atoms with Crippen LogP contribution in [-0.4, -0.2) is 44.8 Å². The van der Waals surface area contributed by atoms with Crippen molar-refractivity contribution in [3.63, 3.8) is 0 Å². The van der Waals surface area contributed by atoms with Gasteiger partial charge in [-0.25, -0.2) is 16.8 Å². The average molecular weight is 567 g/mol. The molecule has 0 bridgehead atoms. The molecule has 194 valence electrons. The van der Waals surface area contributed by atoms with E-state index in [4.69, 9.17) is 16.1 Å². The molecule has 2 aromatic carbocycles. The molecule has 9 nitrogen and oxygen atoms in total. The molecule has 0 radical (unpaired) electrons. The third-order valence-corrected chi connectivity index (χ3v) is 8.26. The van der Waals surface area contributed by atoms with Gasteiger partial charge in [0.25, 0.3) is 15.7 Å². The van der Waals surface area contributed by atoms with Crippen molar-refractivity contribution in [2.24, 2.45) is 0 Å². The maximum Gasteiger partial charge on any atom is 0.501 e. The summed E-state index contributed by atoms with van der Waals surface area (Å²) in [7, 11) is -9.59. The Morgan fingerprint density at radius 3 is 2.19 bits per heavy atom. The molecule has 0 aliphatic carbocycles. The maximum atomic E-state index is 13.2. The van der Waals surface area contributed by atoms with Gasteiger partial charge in [0.05, 0.1) is 37.3 Å². The fourth-order valence-electron chi connectivity index (χ4n) is 3.55. The molecule has 0 aliphatic rings. The van der Waals surface area contributed by atoms with E-state index in [0.29, 0.717) is 17.8 Å². The number of aromatic hydroxyl groups is 1. The summed E-state index contributed by atoms with van der Waals surface area (Å²) in [5.41, 5.74) is -5.92. The van der Waals surface area contributed by atoms with Crippen molar-refractivity contribution in [1.29, 1.82) is 0 Å². The largest absolute Gasteiger partial charge is 0.506 e. The predicted octanol–water partition coefficient (Wildman–Crippen LogP) is 4.58. The summed E-state index contributed by atoms with van der Waals surface area (Å²) in [4.78, 5) is 11.7. The molecular weight excluding hydrogens is 549 g/mol. The van der Waals surface area contributed by atoms with Crippen molar-refractivity contribution in [3.05, 3.63) is 51.9 Å². The van der Waals surface area contributed by atoms with Crippen LogP contribution < -0.4 is 5.32 Å². The van der Waals surface area contributed by atoms with Gasteiger partial charge in [0.15, 0.2) is 9.84 Å². The Morgan fingerprint density at radius 1 is 1.11 bits per heavy atom. The molecule has 15 heteroatoms. The quantitative estimate of drug-likeness (QED) is 0.457. The van der Waals surface area contributed by atoms with Crippen LogP contribution in [0.2, 0.25) is 5.02 Å². The van der Waals surface area contributed by atoms with Gasteiger partial charge in [-0.1, -0.05) is 16.8 Å². The molecule has 36 heavy (non-hydrogen) atoms. The lowest BCUT2D eigenvalue weighted by Crippen LogP contribution is -2.23. The minimum absolute atomic E-state index is 0.0554. The second-order valence-corrected chi connectivity index (χ2v) is 12.1. The minimum Gasteiger partial charge on any atom is -0.506 e. The Kier molecular flexibility index (Phi) is 6.94. The zero-order valence-corrected chi connectivity index (χ0v) is 21.4. The number of benzene rings is 2. The fourth-order valence-corrected chi connectivity index (χ4v) is 5.62. The number of aryl methyl sites for hydroxylation is 2. The van der Waals surface area contributed by atoms with E-state index in [-0.39, 0.29) is 33.0 Å². The number of rotatable bonds is 5. The average Bonchev–Trinajstić information content (AvgIpc) is 3.06. The highest BCUT2D eigenvalue weighted by molar-refractivity contribution is 7.92. The highest BCUT2D eigenvalue weighted by Crippen LogP contribution is 2.41. The van der Waals surface area contributed by atoms with Gasteiger partial charge in [-0.05, 0) is 50.6 Å². The molecule has 0 saturated carbocycles. The van der Waals surface area contributed by atoms with Crippen LogP contribution >= 0.6 is 11.6 Å². The highest BCUT2D eigenvalue weighted by Gasteiger charge is 2.47. The lowest BCUT2D eigenvalue weighted by Gasteiger charge is -2.17. The smallest absolute Gasteiger partial charge is 0.501 e. The Hall–Kier alpha value is -3.10. The summed E-state index contributed by atoms with van der Waals surface area (Å²) in [5.74, 6) is -1.43. The zero-order chi connectivity index (χ0) is 27.4. The lowest BCUT2D eigenvalue weighted by molar-refractivity contribution is -0.0436. The van der Waals surface area contributed by atoms with Gasteiger partial charge in [-0.3, -0.25) is 4.79 Å². The van der Waals surface area contributed by atoms with E-state index in [1.807, 2.05) is 0 Å². The molecule has 0 fully saturated rings. The summed E-state index contributed by atoms with van der Waals surface area (Å²) in [6, 6.07) is 3.11. The van der Waals surface area contributed by atoms with Crippen molar-refractivity contribution in [2.45, 2.75) is 36.1 Å². The second-order valence-electron chi connectivity index (χ2n) is 7.79. The number of alkyl halides is 3. The third kappa shape index (κ3) is 4.80. The summed E-state index contributed by atoms with van der Waals surface area (Å²) < 4.78 is 91.7. The SMILES string of the molecule is Cc1noc(C)c1-c1cc(S(C)(=O)=O)c(C)c(C(=O)Nc2ccc(S(=O)(=O)C(F)(F)F)cc2Cl)c1O. The summed E-state index contributed by atoms with van der Waals surface area (Å²) in [5, 5.41) is 16.5. The first kappa shape index (κ1) is 27.5. The van der Waals surface area contributed by atoms with Crippen molar-refractivity contribution >= 4 is 42.9 Å². The summed E-state index contributed by atoms with van der Waals surface area (Å²) in [6.07, 6.45) is 0.905. The van der Waals surface area contributed by atoms with Crippen LogP contribution in [0.5, 0.6) is 5.75 Å². The van der Waals surface area contributed by atoms with E-state index in [0.717, 1.165) is 12.3 Å². The van der Waals surface area contributed by atoms with Crippen LogP contribution in [-0.2, 0) is 19.7 Å². The first-order valence-corrected chi connectivity index (χ1v) is 13.5. The fraction of sp³-hybridized carbons (Fsp3) is 0.238. The van der Waals surface area contributed by atoms with Crippen molar-refractivity contribution in [1.82, 2.24) is 5.16 Å². The molecule has 1 amide bonds. The Morgan fingerprint density at radius 2 is 1.72 bits per heavy atom. The number of nitrogens with zero attached hydrogens (tertiary/aromatic N) is 1. The molecule has 0 atom stereocenters. The Balaban J connectivity index is 2.16. The van der Waals surface area contributed by atoms with Crippen molar-refractivity contribution in [3.8, 4) is 16.9 Å². The minimum atomic E-state index is -5.69. The number of aromatic nitrogens is 1. The molecule has 0 spiro atoms. The van der Waals surface area contributed by atoms with Crippen LogP contribution in [0.4, 0.5) is 18.9 Å². The number of hydrogen-bond donors (Lipinski definition) is 2. The number of hydrogen-bond acceptors (Lipinski definition) is 8. The van der Waals surface area contributed by atoms with Gasteiger partial charge < -0.3 is 14.9 Å². The number of phenols is 1. The lowest BCUT2D eigenvalue weighted by atomic mass is 9.96. The predicted molar refractivity (Wildman–Crippen MR) is 124 cm³/mol. The normalized spacial score (nSPS) is 12.6. The van der Waals surface area contributed by atoms with Gasteiger partial charge in [-0.2, -0.15) is 13.2 Å². The number of phenolic OH excluding ortho intramolecular Hbond substituents is 1. The number of carbonyl (C=O) groups is 1. The van der Waals surface area contributed by atoms with Crippen molar-refractivity contribution < 1.29 is 44.4 Å². The number of halogens is 4. The molecular formula is C21H18ClF3N2O7S2. The third-order valence-electron chi connectivity index (χ3n) is 5.24. The van der Waals surface area contributed by atoms with E-state index in [1.165, 1.54) is 19.9 Å². The molecule has 3 rings (SSSR count). The van der Waals surface area contributed by atoms with Crippen LogP contribution in [0.15, 0.2) is 38.6 Å². The molecule has 2 N–H and O–H groups in total. The number of amides is 1. The first-order chi connectivity index (χ1) is 16.4. The van der Waals surface area contributed by atoms with Gasteiger partial charge in [-0.15, -0.1) is 0 Å². The van der Waals surface area contributed by atoms with Crippen LogP contribution in [0, 0.1) is 20.8 Å². The summed E-state index contributed by atoms with van der Waals surface area (Å²) in [6.45, 7) is 4.34. The topological polar surface area (TPSA) is 144 Å². The number of sulfone groups is 2. The van der Waals surface area contributed by atoms with Crippen LogP contribution in [0.3, 0.4) is 0 Å². The molecule has 1 aromatic heterocycles. The standard InChI is InChI=1S/C21H18ClF3N2O7S2/c1-9-16(35(4,30)31)8-13(18-10(2)27-34-11(18)3)19(28)17(9)20(29)26-15-6-5-12(7-14(15)22)36(32,33)21(23,24)25/h5-8,28H,1-4H3,(H,26,29). The second kappa shape index (κ2) is 9.09. The zero-order valence-electron chi connectivity index (χ0n) is 19.0. The molecule has 0 saturated heterocycles. The number of anilines is 1. The van der Waals surface area contributed by atoms with E-state index >= 15 is 0 Å². The number of carbonyl (C=O) groups excluding carboxylic acids is 1. The molecule has 0 aliphatic heterocycles. The van der Waals surface area contributed by atoms with E-state index in [1.54, 1.807) is 6.92 Å². The Labute approximate surface area is 208 Å². The van der Waals surface area contributed by atoms with Gasteiger partial charge in [0.2, 0.25) is 0 Å². The Bertz CT molecular complexity index is 1590. The van der Waals surface area contributed by atoms with Crippen LogP contribution in [0.1, 0.15) is 27.4 Å². The highest BCUT2D eigenvalue weighted by atomic mass is 35.5. The summed E-state index contributed by atoms with van der Waals surface area (Å²) >= 11 is 5.93. The molecule has 1 heterocycles. The van der Waals surface area contributed by atoms with Gasteiger partial charge in [0.1, 0.15) is 11.5 Å². The molecule has 0 unspecified atom stereocenters. The van der Waals surface area contributed by atoms with E-state index in [2.05, 4.69) is 10.5 Å².